The van der Waals surface area contributed by atoms with E-state index in [9.17, 15) is 9.59 Å². The van der Waals surface area contributed by atoms with Gasteiger partial charge in [-0.3, -0.25) is 9.78 Å². The van der Waals surface area contributed by atoms with Crippen molar-refractivity contribution in [1.82, 2.24) is 14.8 Å². The standard InChI is InChI=1S/C17H17BN3O3/c22-12-18-21-7-6-16(23)14(10-21)15-8-20-17(9-19-15)24-11-13-4-2-1-3-5-13/h1-5,8-9,12,14H,6-7,10-11H2. The van der Waals surface area contributed by atoms with Gasteiger partial charge in [-0.05, 0) is 12.1 Å². The van der Waals surface area contributed by atoms with Crippen LogP contribution in [0.15, 0.2) is 42.7 Å². The molecule has 1 aromatic carbocycles. The molecule has 2 aromatic rings. The molecule has 1 saturated heterocycles. The average Bonchev–Trinajstić information content (AvgIpc) is 2.63. The molecule has 1 fully saturated rings. The number of ketones is 1. The largest absolute Gasteiger partial charge is 0.472 e. The highest BCUT2D eigenvalue weighted by Crippen LogP contribution is 2.22. The summed E-state index contributed by atoms with van der Waals surface area (Å²) < 4.78 is 5.60. The number of ether oxygens (including phenoxy) is 1. The maximum absolute atomic E-state index is 12.1. The van der Waals surface area contributed by atoms with E-state index in [4.69, 9.17) is 4.74 Å². The third-order valence-corrected chi connectivity index (χ3v) is 3.96. The summed E-state index contributed by atoms with van der Waals surface area (Å²) in [6.45, 7) is 1.44. The summed E-state index contributed by atoms with van der Waals surface area (Å²) in [6.07, 6.45) is 4.25. The minimum atomic E-state index is -0.356. The normalized spacial score (nSPS) is 18.2. The van der Waals surface area contributed by atoms with Crippen molar-refractivity contribution in [2.45, 2.75) is 18.9 Å². The summed E-state index contributed by atoms with van der Waals surface area (Å²) >= 11 is 0. The first kappa shape index (κ1) is 16.3. The van der Waals surface area contributed by atoms with Crippen molar-refractivity contribution in [2.75, 3.05) is 13.1 Å². The summed E-state index contributed by atoms with van der Waals surface area (Å²) in [7, 11) is 1.46. The monoisotopic (exact) mass is 322 g/mol. The molecule has 1 unspecified atom stereocenters. The van der Waals surface area contributed by atoms with Crippen molar-refractivity contribution in [3.63, 3.8) is 0 Å². The van der Waals surface area contributed by atoms with Gasteiger partial charge in [-0.15, -0.1) is 0 Å². The van der Waals surface area contributed by atoms with E-state index in [1.807, 2.05) is 35.1 Å². The Bertz CT molecular complexity index is 694. The van der Waals surface area contributed by atoms with Crippen LogP contribution in [-0.4, -0.2) is 47.3 Å². The Morgan fingerprint density at radius 2 is 2.08 bits per heavy atom. The van der Waals surface area contributed by atoms with E-state index in [0.717, 1.165) is 11.7 Å². The minimum absolute atomic E-state index is 0.123. The lowest BCUT2D eigenvalue weighted by Crippen LogP contribution is -2.42. The first-order chi connectivity index (χ1) is 11.8. The number of aromatic nitrogens is 2. The Kier molecular flexibility index (Phi) is 5.33. The fourth-order valence-electron chi connectivity index (χ4n) is 2.65. The highest BCUT2D eigenvalue weighted by molar-refractivity contribution is 6.64. The summed E-state index contributed by atoms with van der Waals surface area (Å²) in [6, 6.07) is 9.79. The van der Waals surface area contributed by atoms with Crippen LogP contribution in [0.5, 0.6) is 5.88 Å². The summed E-state index contributed by atoms with van der Waals surface area (Å²) in [5.74, 6) is 0.186. The Labute approximate surface area is 141 Å². The summed E-state index contributed by atoms with van der Waals surface area (Å²) in [5.41, 5.74) is 1.65. The van der Waals surface area contributed by atoms with Crippen LogP contribution < -0.4 is 4.74 Å². The van der Waals surface area contributed by atoms with Gasteiger partial charge in [-0.2, -0.15) is 0 Å². The SMILES string of the molecule is O=C[B]N1CCC(=O)C(c2cnc(OCc3ccccc3)cn2)C1. The molecule has 0 spiro atoms. The van der Waals surface area contributed by atoms with E-state index in [1.165, 1.54) is 13.6 Å². The molecule has 1 aliphatic rings. The number of carbonyl (C=O) groups excluding carboxylic acids is 2. The van der Waals surface area contributed by atoms with Gasteiger partial charge in [-0.1, -0.05) is 30.3 Å². The fourth-order valence-corrected chi connectivity index (χ4v) is 2.65. The predicted octanol–water partition coefficient (Wildman–Crippen LogP) is 1.22. The Balaban J connectivity index is 1.63. The number of Topliss-reactive ketones (excluding diaryl/α,β-unsaturated/α-hetero) is 1. The molecular weight excluding hydrogens is 305 g/mol. The van der Waals surface area contributed by atoms with Crippen molar-refractivity contribution in [3.8, 4) is 5.88 Å². The van der Waals surface area contributed by atoms with Gasteiger partial charge in [0, 0.05) is 13.0 Å². The van der Waals surface area contributed by atoms with Gasteiger partial charge in [0.25, 0.3) is 7.41 Å². The van der Waals surface area contributed by atoms with Crippen molar-refractivity contribution >= 4 is 19.4 Å². The van der Waals surface area contributed by atoms with Gasteiger partial charge in [0.05, 0.1) is 30.2 Å². The molecule has 0 aliphatic carbocycles. The zero-order valence-corrected chi connectivity index (χ0v) is 13.2. The number of benzene rings is 1. The molecule has 121 valence electrons. The Morgan fingerprint density at radius 1 is 1.25 bits per heavy atom. The summed E-state index contributed by atoms with van der Waals surface area (Å²) in [5, 5.41) is 0. The van der Waals surface area contributed by atoms with E-state index in [1.54, 1.807) is 6.20 Å². The molecule has 0 amide bonds. The van der Waals surface area contributed by atoms with Crippen LogP contribution >= 0.6 is 0 Å². The van der Waals surface area contributed by atoms with E-state index in [-0.39, 0.29) is 11.7 Å². The third kappa shape index (κ3) is 4.05. The fraction of sp³-hybridized carbons (Fsp3) is 0.294. The average molecular weight is 322 g/mol. The topological polar surface area (TPSA) is 72.4 Å². The van der Waals surface area contributed by atoms with Crippen LogP contribution in [0.4, 0.5) is 0 Å². The molecule has 0 N–H and O–H groups in total. The first-order valence-corrected chi connectivity index (χ1v) is 7.80. The van der Waals surface area contributed by atoms with Gasteiger partial charge in [0.1, 0.15) is 12.4 Å². The quantitative estimate of drug-likeness (QED) is 0.588. The number of rotatable bonds is 6. The van der Waals surface area contributed by atoms with Gasteiger partial charge >= 0.3 is 0 Å². The zero-order valence-electron chi connectivity index (χ0n) is 13.2. The lowest BCUT2D eigenvalue weighted by molar-refractivity contribution is -0.122. The smallest absolute Gasteiger partial charge is 0.293 e. The maximum Gasteiger partial charge on any atom is 0.293 e. The molecule has 6 nitrogen and oxygen atoms in total. The Hall–Kier alpha value is -2.54. The number of hydrogen-bond acceptors (Lipinski definition) is 6. The van der Waals surface area contributed by atoms with Gasteiger partial charge in [-0.25, -0.2) is 4.98 Å². The number of carbonyl (C=O) groups is 2. The first-order valence-electron chi connectivity index (χ1n) is 7.80. The number of piperidine rings is 1. The summed E-state index contributed by atoms with van der Waals surface area (Å²) in [4.78, 5) is 33.1. The van der Waals surface area contributed by atoms with E-state index < -0.39 is 0 Å². The molecule has 24 heavy (non-hydrogen) atoms. The van der Waals surface area contributed by atoms with Crippen molar-refractivity contribution in [3.05, 3.63) is 54.0 Å². The van der Waals surface area contributed by atoms with E-state index in [2.05, 4.69) is 9.97 Å². The Morgan fingerprint density at radius 3 is 2.79 bits per heavy atom. The second kappa shape index (κ2) is 7.83. The second-order valence-electron chi connectivity index (χ2n) is 5.60. The predicted molar refractivity (Wildman–Crippen MR) is 89.2 cm³/mol. The molecule has 2 heterocycles. The highest BCUT2D eigenvalue weighted by Gasteiger charge is 2.29. The lowest BCUT2D eigenvalue weighted by Gasteiger charge is -2.29. The second-order valence-corrected chi connectivity index (χ2v) is 5.60. The number of hydrogen-bond donors (Lipinski definition) is 0. The highest BCUT2D eigenvalue weighted by atomic mass is 16.5. The van der Waals surface area contributed by atoms with E-state index in [0.29, 0.717) is 37.7 Å². The van der Waals surface area contributed by atoms with Crippen molar-refractivity contribution < 1.29 is 14.3 Å². The molecule has 7 heteroatoms. The van der Waals surface area contributed by atoms with Crippen LogP contribution in [-0.2, 0) is 16.2 Å². The maximum atomic E-state index is 12.1. The molecule has 0 saturated carbocycles. The lowest BCUT2D eigenvalue weighted by atomic mass is 9.85. The molecule has 0 bridgehead atoms. The van der Waals surface area contributed by atoms with Crippen LogP contribution in [0, 0.1) is 0 Å². The van der Waals surface area contributed by atoms with Crippen LogP contribution in [0.25, 0.3) is 0 Å². The molecule has 1 aliphatic heterocycles. The van der Waals surface area contributed by atoms with Crippen molar-refractivity contribution in [2.24, 2.45) is 0 Å². The molecular formula is C17H17BN3O3. The van der Waals surface area contributed by atoms with Crippen LogP contribution in [0.3, 0.4) is 0 Å². The molecule has 1 atom stereocenters. The zero-order chi connectivity index (χ0) is 16.8. The number of nitrogens with zero attached hydrogens (tertiary/aromatic N) is 3. The van der Waals surface area contributed by atoms with Crippen LogP contribution in [0.1, 0.15) is 23.6 Å². The van der Waals surface area contributed by atoms with Gasteiger partial charge < -0.3 is 14.3 Å². The van der Waals surface area contributed by atoms with Gasteiger partial charge in [0.2, 0.25) is 5.88 Å². The minimum Gasteiger partial charge on any atom is -0.472 e. The van der Waals surface area contributed by atoms with E-state index >= 15 is 0 Å². The van der Waals surface area contributed by atoms with Gasteiger partial charge in [0.15, 0.2) is 0 Å². The van der Waals surface area contributed by atoms with Crippen molar-refractivity contribution in [1.29, 1.82) is 0 Å². The molecule has 1 aromatic heterocycles. The molecule has 3 rings (SSSR count). The third-order valence-electron chi connectivity index (χ3n) is 3.96. The molecule has 1 radical (unpaired) electrons. The van der Waals surface area contributed by atoms with Crippen LogP contribution in [0.2, 0.25) is 0 Å².